The summed E-state index contributed by atoms with van der Waals surface area (Å²) in [4.78, 5) is 2.73. The maximum absolute atomic E-state index is 6.02. The van der Waals surface area contributed by atoms with Crippen molar-refractivity contribution >= 4 is 50.2 Å². The van der Waals surface area contributed by atoms with Gasteiger partial charge in [0.2, 0.25) is 0 Å². The van der Waals surface area contributed by atoms with Gasteiger partial charge < -0.3 is 5.32 Å². The predicted molar refractivity (Wildman–Crippen MR) is 90.8 cm³/mol. The van der Waals surface area contributed by atoms with E-state index in [1.165, 1.54) is 19.1 Å². The molecule has 0 saturated heterocycles. The molecule has 0 aliphatic carbocycles. The molecule has 1 N–H and O–H groups in total. The van der Waals surface area contributed by atoms with Gasteiger partial charge in [-0.25, -0.2) is 0 Å². The minimum Gasteiger partial charge on any atom is -0.309 e. The fraction of sp³-hybridized carbons (Fsp3) is 0.429. The lowest BCUT2D eigenvalue weighted by Crippen LogP contribution is -2.23. The zero-order valence-corrected chi connectivity index (χ0v) is 15.0. The molecule has 19 heavy (non-hydrogen) atoms. The molecular formula is C14H17BrClNS2. The Morgan fingerprint density at radius 2 is 2.16 bits per heavy atom. The summed E-state index contributed by atoms with van der Waals surface area (Å²) in [5.74, 6) is 0. The van der Waals surface area contributed by atoms with Crippen LogP contribution in [0.3, 0.4) is 0 Å². The Bertz CT molecular complexity index is 516. The van der Waals surface area contributed by atoms with E-state index in [0.29, 0.717) is 6.04 Å². The maximum Gasteiger partial charge on any atom is 0.0931 e. The second-order valence-corrected chi connectivity index (χ2v) is 8.72. The topological polar surface area (TPSA) is 12.0 Å². The standard InChI is InChI=1S/C14H17BrClNS2/c1-3-6-17-11(8-10-4-5-13(16)18-10)12-7-9(2)14(15)19-12/h4-5,7,11,17H,3,6,8H2,1-2H3. The van der Waals surface area contributed by atoms with E-state index in [4.69, 9.17) is 11.6 Å². The molecule has 104 valence electrons. The molecule has 0 amide bonds. The summed E-state index contributed by atoms with van der Waals surface area (Å²) in [7, 11) is 0. The summed E-state index contributed by atoms with van der Waals surface area (Å²) in [6.07, 6.45) is 2.15. The average molecular weight is 379 g/mol. The SMILES string of the molecule is CCCNC(Cc1ccc(Cl)s1)c1cc(C)c(Br)s1. The minimum absolute atomic E-state index is 0.379. The second-order valence-electron chi connectivity index (χ2n) is 4.52. The zero-order valence-electron chi connectivity index (χ0n) is 11.0. The fourth-order valence-electron chi connectivity index (χ4n) is 1.91. The van der Waals surface area contributed by atoms with Crippen molar-refractivity contribution in [2.75, 3.05) is 6.54 Å². The number of aryl methyl sites for hydroxylation is 1. The molecule has 0 saturated carbocycles. The van der Waals surface area contributed by atoms with Gasteiger partial charge in [0, 0.05) is 22.2 Å². The van der Waals surface area contributed by atoms with Crippen molar-refractivity contribution in [3.8, 4) is 0 Å². The van der Waals surface area contributed by atoms with E-state index >= 15 is 0 Å². The molecule has 1 unspecified atom stereocenters. The molecule has 1 atom stereocenters. The molecule has 0 aliphatic heterocycles. The molecule has 0 bridgehead atoms. The molecule has 0 fully saturated rings. The molecule has 2 rings (SSSR count). The van der Waals surface area contributed by atoms with Crippen LogP contribution >= 0.6 is 50.2 Å². The highest BCUT2D eigenvalue weighted by atomic mass is 79.9. The Kier molecular flexibility index (Phi) is 5.90. The average Bonchev–Trinajstić information content (AvgIpc) is 2.92. The molecule has 0 radical (unpaired) electrons. The molecule has 1 nitrogen and oxygen atoms in total. The lowest BCUT2D eigenvalue weighted by molar-refractivity contribution is 0.539. The Labute approximate surface area is 136 Å². The summed E-state index contributed by atoms with van der Waals surface area (Å²) in [6.45, 7) is 5.38. The Hall–Kier alpha value is 0.130. The van der Waals surface area contributed by atoms with Gasteiger partial charge in [0.1, 0.15) is 0 Å². The first-order valence-electron chi connectivity index (χ1n) is 6.33. The highest BCUT2D eigenvalue weighted by molar-refractivity contribution is 9.11. The second kappa shape index (κ2) is 7.23. The monoisotopic (exact) mass is 377 g/mol. The van der Waals surface area contributed by atoms with Crippen molar-refractivity contribution in [3.05, 3.63) is 41.6 Å². The van der Waals surface area contributed by atoms with E-state index in [-0.39, 0.29) is 0 Å². The van der Waals surface area contributed by atoms with Crippen molar-refractivity contribution in [1.29, 1.82) is 0 Å². The third-order valence-corrected chi connectivity index (χ3v) is 6.40. The van der Waals surface area contributed by atoms with Gasteiger partial charge in [-0.15, -0.1) is 22.7 Å². The van der Waals surface area contributed by atoms with Crippen molar-refractivity contribution < 1.29 is 0 Å². The van der Waals surface area contributed by atoms with Gasteiger partial charge in [0.25, 0.3) is 0 Å². The van der Waals surface area contributed by atoms with E-state index < -0.39 is 0 Å². The molecule has 2 aromatic rings. The van der Waals surface area contributed by atoms with Crippen LogP contribution in [0.2, 0.25) is 4.34 Å². The van der Waals surface area contributed by atoms with Crippen LogP contribution in [-0.4, -0.2) is 6.54 Å². The third-order valence-electron chi connectivity index (χ3n) is 2.89. The molecule has 5 heteroatoms. The van der Waals surface area contributed by atoms with E-state index in [2.05, 4.69) is 47.2 Å². The van der Waals surface area contributed by atoms with Crippen LogP contribution in [-0.2, 0) is 6.42 Å². The van der Waals surface area contributed by atoms with Gasteiger partial charge in [-0.2, -0.15) is 0 Å². The minimum atomic E-state index is 0.379. The molecule has 0 aromatic carbocycles. The highest BCUT2D eigenvalue weighted by Crippen LogP contribution is 2.34. The van der Waals surface area contributed by atoms with E-state index in [1.54, 1.807) is 11.3 Å². The van der Waals surface area contributed by atoms with Gasteiger partial charge in [0.15, 0.2) is 0 Å². The normalized spacial score (nSPS) is 12.8. The fourth-order valence-corrected chi connectivity index (χ4v) is 4.69. The number of hydrogen-bond donors (Lipinski definition) is 1. The van der Waals surface area contributed by atoms with Gasteiger partial charge in [0.05, 0.1) is 8.12 Å². The predicted octanol–water partition coefficient (Wildman–Crippen LogP) is 5.82. The van der Waals surface area contributed by atoms with E-state index in [1.807, 2.05) is 17.4 Å². The maximum atomic E-state index is 6.02. The molecule has 0 spiro atoms. The number of thiophene rings is 2. The summed E-state index contributed by atoms with van der Waals surface area (Å²) in [5.41, 5.74) is 1.31. The van der Waals surface area contributed by atoms with Crippen LogP contribution < -0.4 is 5.32 Å². The zero-order chi connectivity index (χ0) is 13.8. The van der Waals surface area contributed by atoms with Crippen LogP contribution in [0, 0.1) is 6.92 Å². The Morgan fingerprint density at radius 3 is 2.68 bits per heavy atom. The number of nitrogens with one attached hydrogen (secondary N) is 1. The third kappa shape index (κ3) is 4.30. The number of rotatable bonds is 6. The first-order chi connectivity index (χ1) is 9.10. The van der Waals surface area contributed by atoms with Crippen molar-refractivity contribution in [1.82, 2.24) is 5.32 Å². The van der Waals surface area contributed by atoms with Gasteiger partial charge in [-0.05, 0) is 59.6 Å². The van der Waals surface area contributed by atoms with Gasteiger partial charge in [-0.3, -0.25) is 0 Å². The lowest BCUT2D eigenvalue weighted by atomic mass is 10.1. The lowest BCUT2D eigenvalue weighted by Gasteiger charge is -2.16. The Balaban J connectivity index is 2.15. The van der Waals surface area contributed by atoms with Gasteiger partial charge in [-0.1, -0.05) is 18.5 Å². The van der Waals surface area contributed by atoms with Crippen LogP contribution in [0.25, 0.3) is 0 Å². The highest BCUT2D eigenvalue weighted by Gasteiger charge is 2.16. The first kappa shape index (κ1) is 15.5. The summed E-state index contributed by atoms with van der Waals surface area (Å²) in [5, 5.41) is 3.64. The number of halogens is 2. The smallest absolute Gasteiger partial charge is 0.0931 e. The van der Waals surface area contributed by atoms with Gasteiger partial charge >= 0.3 is 0 Å². The molecule has 2 aromatic heterocycles. The van der Waals surface area contributed by atoms with E-state index in [0.717, 1.165) is 23.7 Å². The summed E-state index contributed by atoms with van der Waals surface area (Å²) < 4.78 is 2.10. The van der Waals surface area contributed by atoms with Crippen molar-refractivity contribution in [3.63, 3.8) is 0 Å². The van der Waals surface area contributed by atoms with Crippen LogP contribution in [0.4, 0.5) is 0 Å². The molecule has 0 aliphatic rings. The number of hydrogen-bond acceptors (Lipinski definition) is 3. The quantitative estimate of drug-likeness (QED) is 0.668. The van der Waals surface area contributed by atoms with Crippen LogP contribution in [0.1, 0.15) is 34.7 Å². The first-order valence-corrected chi connectivity index (χ1v) is 9.14. The van der Waals surface area contributed by atoms with Crippen molar-refractivity contribution in [2.45, 2.75) is 32.7 Å². The van der Waals surface area contributed by atoms with E-state index in [9.17, 15) is 0 Å². The summed E-state index contributed by atoms with van der Waals surface area (Å²) >= 11 is 13.1. The van der Waals surface area contributed by atoms with Crippen molar-refractivity contribution in [2.24, 2.45) is 0 Å². The molecule has 2 heterocycles. The summed E-state index contributed by atoms with van der Waals surface area (Å²) in [6, 6.07) is 6.76. The van der Waals surface area contributed by atoms with Crippen LogP contribution in [0.5, 0.6) is 0 Å². The largest absolute Gasteiger partial charge is 0.309 e. The Morgan fingerprint density at radius 1 is 1.37 bits per heavy atom. The molecular weight excluding hydrogens is 362 g/mol. The van der Waals surface area contributed by atoms with Crippen LogP contribution in [0.15, 0.2) is 22.0 Å².